The molecule has 0 unspecified atom stereocenters. The second-order valence-electron chi connectivity index (χ2n) is 4.96. The number of hydrogen-bond donors (Lipinski definition) is 0. The number of esters is 2. The van der Waals surface area contributed by atoms with Gasteiger partial charge in [0.05, 0.1) is 18.9 Å². The molecule has 104 valence electrons. The molecular weight excluding hydrogens is 300 g/mol. The van der Waals surface area contributed by atoms with Crippen molar-refractivity contribution in [3.8, 4) is 0 Å². The minimum absolute atomic E-state index is 0.000718. The summed E-state index contributed by atoms with van der Waals surface area (Å²) in [5, 5.41) is 0. The fourth-order valence-electron chi connectivity index (χ4n) is 1.35. The van der Waals surface area contributed by atoms with Gasteiger partial charge in [-0.25, -0.2) is 0 Å². The number of ether oxygens (including phenoxy) is 2. The Balaban J connectivity index is 4.54. The zero-order valence-corrected chi connectivity index (χ0v) is 13.0. The Morgan fingerprint density at radius 2 is 1.83 bits per heavy atom. The summed E-state index contributed by atoms with van der Waals surface area (Å²) >= 11 is 3.19. The van der Waals surface area contributed by atoms with E-state index in [1.807, 2.05) is 0 Å². The summed E-state index contributed by atoms with van der Waals surface area (Å²) in [6, 6.07) is 0. The largest absolute Gasteiger partial charge is 0.466 e. The number of carbonyl (C=O) groups is 2. The van der Waals surface area contributed by atoms with Crippen molar-refractivity contribution < 1.29 is 19.1 Å². The Morgan fingerprint density at radius 1 is 1.28 bits per heavy atom. The molecule has 0 amide bonds. The first-order chi connectivity index (χ1) is 8.15. The molecule has 18 heavy (non-hydrogen) atoms. The molecular formula is C13H21BrO4. The molecule has 0 heterocycles. The molecule has 0 aliphatic rings. The Morgan fingerprint density at radius 3 is 2.22 bits per heavy atom. The quantitative estimate of drug-likeness (QED) is 0.705. The van der Waals surface area contributed by atoms with E-state index in [9.17, 15) is 9.59 Å². The molecule has 0 aliphatic heterocycles. The summed E-state index contributed by atoms with van der Waals surface area (Å²) in [7, 11) is 0. The van der Waals surface area contributed by atoms with Gasteiger partial charge in [-0.3, -0.25) is 9.59 Å². The van der Waals surface area contributed by atoms with Crippen LogP contribution in [-0.4, -0.2) is 24.1 Å². The molecule has 0 rings (SSSR count). The van der Waals surface area contributed by atoms with Crippen LogP contribution in [0.15, 0.2) is 11.1 Å². The van der Waals surface area contributed by atoms with Crippen LogP contribution >= 0.6 is 15.9 Å². The van der Waals surface area contributed by atoms with Crippen molar-refractivity contribution >= 4 is 27.9 Å². The van der Waals surface area contributed by atoms with E-state index in [0.717, 1.165) is 0 Å². The topological polar surface area (TPSA) is 52.6 Å². The van der Waals surface area contributed by atoms with Gasteiger partial charge in [0.25, 0.3) is 0 Å². The third kappa shape index (κ3) is 8.28. The van der Waals surface area contributed by atoms with Crippen molar-refractivity contribution in [1.29, 1.82) is 0 Å². The third-order valence-corrected chi connectivity index (χ3v) is 2.24. The van der Waals surface area contributed by atoms with E-state index in [1.165, 1.54) is 0 Å². The Bertz CT molecular complexity index is 317. The van der Waals surface area contributed by atoms with Gasteiger partial charge in [-0.05, 0) is 38.6 Å². The van der Waals surface area contributed by atoms with Crippen LogP contribution in [0.4, 0.5) is 0 Å². The molecule has 0 bridgehead atoms. The summed E-state index contributed by atoms with van der Waals surface area (Å²) in [5.74, 6) is -1.36. The maximum absolute atomic E-state index is 11.7. The first-order valence-corrected chi connectivity index (χ1v) is 6.66. The van der Waals surface area contributed by atoms with Crippen LogP contribution in [0.5, 0.6) is 0 Å². The van der Waals surface area contributed by atoms with Gasteiger partial charge in [0.15, 0.2) is 0 Å². The normalized spacial score (nSPS) is 12.7. The highest BCUT2D eigenvalue weighted by atomic mass is 79.9. The fraction of sp³-hybridized carbons (Fsp3) is 0.692. The highest BCUT2D eigenvalue weighted by molar-refractivity contribution is 9.11. The van der Waals surface area contributed by atoms with Crippen molar-refractivity contribution in [3.05, 3.63) is 11.1 Å². The number of hydrogen-bond acceptors (Lipinski definition) is 4. The average Bonchev–Trinajstić information content (AvgIpc) is 2.13. The van der Waals surface area contributed by atoms with Gasteiger partial charge in [-0.2, -0.15) is 0 Å². The first-order valence-electron chi connectivity index (χ1n) is 5.87. The van der Waals surface area contributed by atoms with Crippen LogP contribution in [0.3, 0.4) is 0 Å². The molecule has 0 aliphatic carbocycles. The number of carbonyl (C=O) groups excluding carboxylic acids is 2. The summed E-state index contributed by atoms with van der Waals surface area (Å²) in [5.41, 5.74) is -0.554. The molecule has 0 N–H and O–H groups in total. The molecule has 0 spiro atoms. The maximum atomic E-state index is 11.7. The average molecular weight is 321 g/mol. The lowest BCUT2D eigenvalue weighted by Crippen LogP contribution is -2.28. The summed E-state index contributed by atoms with van der Waals surface area (Å²) < 4.78 is 10.8. The van der Waals surface area contributed by atoms with Crippen LogP contribution in [0.1, 0.15) is 40.5 Å². The predicted octanol–water partition coefficient (Wildman–Crippen LogP) is 3.20. The Labute approximate surface area is 117 Å². The van der Waals surface area contributed by atoms with E-state index in [2.05, 4.69) is 22.5 Å². The smallest absolute Gasteiger partial charge is 0.309 e. The highest BCUT2D eigenvalue weighted by Crippen LogP contribution is 2.21. The molecule has 0 radical (unpaired) electrons. The van der Waals surface area contributed by atoms with Gasteiger partial charge in [-0.15, -0.1) is 0 Å². The van der Waals surface area contributed by atoms with Crippen LogP contribution in [0.2, 0.25) is 0 Å². The number of rotatable bonds is 6. The maximum Gasteiger partial charge on any atom is 0.309 e. The Kier molecular flexibility index (Phi) is 7.21. The van der Waals surface area contributed by atoms with Crippen LogP contribution < -0.4 is 0 Å². The molecule has 0 saturated heterocycles. The lowest BCUT2D eigenvalue weighted by molar-refractivity contribution is -0.161. The molecule has 1 atom stereocenters. The SMILES string of the molecule is C=C(Br)C[C@@H](CC(=O)OC(C)(C)C)C(=O)OCC. The number of halogens is 1. The van der Waals surface area contributed by atoms with E-state index < -0.39 is 23.5 Å². The number of allylic oxidation sites excluding steroid dienone is 1. The zero-order valence-electron chi connectivity index (χ0n) is 11.4. The van der Waals surface area contributed by atoms with Crippen molar-refractivity contribution in [1.82, 2.24) is 0 Å². The van der Waals surface area contributed by atoms with Gasteiger partial charge < -0.3 is 9.47 Å². The van der Waals surface area contributed by atoms with Crippen LogP contribution in [0, 0.1) is 5.92 Å². The van der Waals surface area contributed by atoms with Crippen LogP contribution in [0.25, 0.3) is 0 Å². The van der Waals surface area contributed by atoms with Crippen molar-refractivity contribution in [2.75, 3.05) is 6.61 Å². The van der Waals surface area contributed by atoms with Gasteiger partial charge in [0.2, 0.25) is 0 Å². The standard InChI is InChI=1S/C13H21BrO4/c1-6-17-12(16)10(7-9(2)14)8-11(15)18-13(3,4)5/h10H,2,6-8H2,1,3-5H3/t10-/m0/s1. The van der Waals surface area contributed by atoms with E-state index in [-0.39, 0.29) is 6.42 Å². The summed E-state index contributed by atoms with van der Waals surface area (Å²) in [4.78, 5) is 23.4. The molecule has 5 heteroatoms. The fourth-order valence-corrected chi connectivity index (χ4v) is 1.74. The first kappa shape index (κ1) is 17.2. The summed E-state index contributed by atoms with van der Waals surface area (Å²) in [6.45, 7) is 11.0. The highest BCUT2D eigenvalue weighted by Gasteiger charge is 2.26. The lowest BCUT2D eigenvalue weighted by atomic mass is 10.0. The van der Waals surface area contributed by atoms with E-state index in [0.29, 0.717) is 17.5 Å². The van der Waals surface area contributed by atoms with Gasteiger partial charge >= 0.3 is 11.9 Å². The monoisotopic (exact) mass is 320 g/mol. The van der Waals surface area contributed by atoms with E-state index in [4.69, 9.17) is 9.47 Å². The van der Waals surface area contributed by atoms with Crippen LogP contribution in [-0.2, 0) is 19.1 Å². The zero-order chi connectivity index (χ0) is 14.3. The van der Waals surface area contributed by atoms with Gasteiger partial charge in [0, 0.05) is 0 Å². The molecule has 0 aromatic rings. The third-order valence-electron chi connectivity index (χ3n) is 1.92. The van der Waals surface area contributed by atoms with E-state index in [1.54, 1.807) is 27.7 Å². The predicted molar refractivity (Wildman–Crippen MR) is 73.3 cm³/mol. The van der Waals surface area contributed by atoms with E-state index >= 15 is 0 Å². The molecule has 4 nitrogen and oxygen atoms in total. The van der Waals surface area contributed by atoms with Gasteiger partial charge in [0.1, 0.15) is 5.60 Å². The minimum Gasteiger partial charge on any atom is -0.466 e. The summed E-state index contributed by atoms with van der Waals surface area (Å²) in [6.07, 6.45) is 0.360. The Hall–Kier alpha value is -0.840. The molecule has 0 aromatic heterocycles. The van der Waals surface area contributed by atoms with Crippen molar-refractivity contribution in [2.24, 2.45) is 5.92 Å². The molecule has 0 fully saturated rings. The van der Waals surface area contributed by atoms with Gasteiger partial charge in [-0.1, -0.05) is 22.5 Å². The lowest BCUT2D eigenvalue weighted by Gasteiger charge is -2.21. The second-order valence-corrected chi connectivity index (χ2v) is 6.08. The molecule has 0 aromatic carbocycles. The van der Waals surface area contributed by atoms with Crippen molar-refractivity contribution in [2.45, 2.75) is 46.1 Å². The second kappa shape index (κ2) is 7.56. The molecule has 0 saturated carbocycles. The minimum atomic E-state index is -0.554. The van der Waals surface area contributed by atoms with Crippen molar-refractivity contribution in [3.63, 3.8) is 0 Å².